The highest BCUT2D eigenvalue weighted by molar-refractivity contribution is 5.66. The van der Waals surface area contributed by atoms with Crippen molar-refractivity contribution in [1.82, 2.24) is 5.32 Å². The normalized spacial score (nSPS) is 32.2. The van der Waals surface area contributed by atoms with Gasteiger partial charge in [0.05, 0.1) is 0 Å². The van der Waals surface area contributed by atoms with Crippen molar-refractivity contribution in [2.24, 2.45) is 0 Å². The van der Waals surface area contributed by atoms with Crippen LogP contribution in [-0.4, -0.2) is 24.7 Å². The quantitative estimate of drug-likeness (QED) is 0.536. The Morgan fingerprint density at radius 1 is 1.70 bits per heavy atom. The molecule has 0 bridgehead atoms. The minimum Gasteiger partial charge on any atom is -0.461 e. The van der Waals surface area contributed by atoms with E-state index in [0.29, 0.717) is 6.04 Å². The van der Waals surface area contributed by atoms with Crippen molar-refractivity contribution < 1.29 is 9.53 Å². The second-order valence-corrected chi connectivity index (χ2v) is 2.78. The third kappa shape index (κ3) is 1.99. The molecule has 1 heterocycles. The molecule has 0 saturated carbocycles. The Hall–Kier alpha value is -0.570. The zero-order chi connectivity index (χ0) is 7.56. The van der Waals surface area contributed by atoms with Crippen LogP contribution in [0.2, 0.25) is 0 Å². The average Bonchev–Trinajstić information content (AvgIpc) is 2.13. The summed E-state index contributed by atoms with van der Waals surface area (Å²) >= 11 is 0. The van der Waals surface area contributed by atoms with Gasteiger partial charge >= 0.3 is 5.97 Å². The Morgan fingerprint density at radius 2 is 2.40 bits per heavy atom. The Bertz CT molecular complexity index is 136. The number of nitrogens with one attached hydrogen (secondary N) is 1. The van der Waals surface area contributed by atoms with Gasteiger partial charge in [0.15, 0.2) is 0 Å². The van der Waals surface area contributed by atoms with E-state index in [-0.39, 0.29) is 12.1 Å². The predicted octanol–water partition coefficient (Wildman–Crippen LogP) is 0.300. The van der Waals surface area contributed by atoms with Gasteiger partial charge in [-0.05, 0) is 6.92 Å². The minimum absolute atomic E-state index is 0.104. The first-order chi connectivity index (χ1) is 4.68. The first-order valence-electron chi connectivity index (χ1n) is 3.59. The van der Waals surface area contributed by atoms with Crippen molar-refractivity contribution in [3.8, 4) is 0 Å². The summed E-state index contributed by atoms with van der Waals surface area (Å²) in [5, 5.41) is 3.20. The van der Waals surface area contributed by atoms with Crippen LogP contribution in [0.15, 0.2) is 0 Å². The molecule has 0 spiro atoms. The van der Waals surface area contributed by atoms with E-state index in [1.54, 1.807) is 0 Å². The van der Waals surface area contributed by atoms with Gasteiger partial charge in [0.1, 0.15) is 6.10 Å². The van der Waals surface area contributed by atoms with E-state index >= 15 is 0 Å². The molecule has 2 atom stereocenters. The average molecular weight is 143 g/mol. The molecule has 58 valence electrons. The summed E-state index contributed by atoms with van der Waals surface area (Å²) < 4.78 is 4.98. The number of esters is 1. The van der Waals surface area contributed by atoms with Gasteiger partial charge in [0, 0.05) is 25.9 Å². The fourth-order valence-electron chi connectivity index (χ4n) is 1.22. The molecule has 1 fully saturated rings. The maximum absolute atomic E-state index is 10.5. The van der Waals surface area contributed by atoms with Gasteiger partial charge in [-0.3, -0.25) is 4.79 Å². The second kappa shape index (κ2) is 3.01. The molecule has 0 radical (unpaired) electrons. The SMILES string of the molecule is CC(=O)O[C@H]1CN[C@@H](C)C1. The molecular weight excluding hydrogens is 130 g/mol. The fraction of sp³-hybridized carbons (Fsp3) is 0.857. The lowest BCUT2D eigenvalue weighted by molar-refractivity contribution is -0.145. The van der Waals surface area contributed by atoms with Gasteiger partial charge in [-0.25, -0.2) is 0 Å². The highest BCUT2D eigenvalue weighted by atomic mass is 16.5. The number of carbonyl (C=O) groups is 1. The standard InChI is InChI=1S/C7H13NO2/c1-5-3-7(4-8-5)10-6(2)9/h5,7-8H,3-4H2,1-2H3/t5-,7+/m0/s1. The van der Waals surface area contributed by atoms with Crippen molar-refractivity contribution in [2.45, 2.75) is 32.4 Å². The van der Waals surface area contributed by atoms with Crippen LogP contribution in [0.25, 0.3) is 0 Å². The first-order valence-corrected chi connectivity index (χ1v) is 3.59. The molecule has 0 aromatic rings. The van der Waals surface area contributed by atoms with Gasteiger partial charge in [0.2, 0.25) is 0 Å². The van der Waals surface area contributed by atoms with E-state index in [1.165, 1.54) is 6.92 Å². The highest BCUT2D eigenvalue weighted by Gasteiger charge is 2.22. The van der Waals surface area contributed by atoms with E-state index < -0.39 is 0 Å². The molecule has 10 heavy (non-hydrogen) atoms. The number of rotatable bonds is 1. The van der Waals surface area contributed by atoms with Gasteiger partial charge < -0.3 is 10.1 Å². The molecule has 1 saturated heterocycles. The van der Waals surface area contributed by atoms with Gasteiger partial charge in [0.25, 0.3) is 0 Å². The number of hydrogen-bond donors (Lipinski definition) is 1. The van der Waals surface area contributed by atoms with Gasteiger partial charge in [-0.15, -0.1) is 0 Å². The summed E-state index contributed by atoms with van der Waals surface area (Å²) in [7, 11) is 0. The van der Waals surface area contributed by atoms with E-state index in [1.807, 2.05) is 0 Å². The molecule has 0 aromatic heterocycles. The van der Waals surface area contributed by atoms with Crippen molar-refractivity contribution >= 4 is 5.97 Å². The summed E-state index contributed by atoms with van der Waals surface area (Å²) in [6, 6.07) is 0.490. The summed E-state index contributed by atoms with van der Waals surface area (Å²) in [5.74, 6) is -0.180. The molecule has 1 rings (SSSR count). The number of ether oxygens (including phenoxy) is 1. The first kappa shape index (κ1) is 7.54. The Balaban J connectivity index is 2.24. The Kier molecular flexibility index (Phi) is 2.27. The molecule has 1 aliphatic heterocycles. The third-order valence-electron chi connectivity index (χ3n) is 1.64. The van der Waals surface area contributed by atoms with E-state index in [4.69, 9.17) is 4.74 Å². The van der Waals surface area contributed by atoms with Crippen LogP contribution in [0, 0.1) is 0 Å². The smallest absolute Gasteiger partial charge is 0.302 e. The van der Waals surface area contributed by atoms with Gasteiger partial charge in [-0.2, -0.15) is 0 Å². The minimum atomic E-state index is -0.180. The predicted molar refractivity (Wildman–Crippen MR) is 37.6 cm³/mol. The summed E-state index contributed by atoms with van der Waals surface area (Å²) in [6.45, 7) is 4.34. The molecular formula is C7H13NO2. The van der Waals surface area contributed by atoms with Crippen LogP contribution < -0.4 is 5.32 Å². The van der Waals surface area contributed by atoms with Crippen molar-refractivity contribution in [3.63, 3.8) is 0 Å². The van der Waals surface area contributed by atoms with Crippen LogP contribution in [0.3, 0.4) is 0 Å². The maximum atomic E-state index is 10.5. The van der Waals surface area contributed by atoms with Crippen LogP contribution in [0.1, 0.15) is 20.3 Å². The lowest BCUT2D eigenvalue weighted by Crippen LogP contribution is -2.20. The van der Waals surface area contributed by atoms with Gasteiger partial charge in [-0.1, -0.05) is 0 Å². The molecule has 1 N–H and O–H groups in total. The molecule has 0 aliphatic carbocycles. The van der Waals surface area contributed by atoms with Crippen LogP contribution in [0.4, 0.5) is 0 Å². The van der Waals surface area contributed by atoms with Crippen LogP contribution in [-0.2, 0) is 9.53 Å². The highest BCUT2D eigenvalue weighted by Crippen LogP contribution is 2.09. The Labute approximate surface area is 60.7 Å². The lowest BCUT2D eigenvalue weighted by atomic mass is 10.2. The Morgan fingerprint density at radius 3 is 2.80 bits per heavy atom. The van der Waals surface area contributed by atoms with E-state index in [9.17, 15) is 4.79 Å². The van der Waals surface area contributed by atoms with Crippen LogP contribution in [0.5, 0.6) is 0 Å². The zero-order valence-corrected chi connectivity index (χ0v) is 6.39. The van der Waals surface area contributed by atoms with E-state index in [0.717, 1.165) is 13.0 Å². The van der Waals surface area contributed by atoms with Crippen molar-refractivity contribution in [3.05, 3.63) is 0 Å². The molecule has 0 aromatic carbocycles. The third-order valence-corrected chi connectivity index (χ3v) is 1.64. The second-order valence-electron chi connectivity index (χ2n) is 2.78. The number of hydrogen-bond acceptors (Lipinski definition) is 3. The van der Waals surface area contributed by atoms with Crippen molar-refractivity contribution in [1.29, 1.82) is 0 Å². The molecule has 1 aliphatic rings. The largest absolute Gasteiger partial charge is 0.461 e. The monoisotopic (exact) mass is 143 g/mol. The summed E-state index contributed by atoms with van der Waals surface area (Å²) in [4.78, 5) is 10.5. The number of carbonyl (C=O) groups excluding carboxylic acids is 1. The molecule has 3 nitrogen and oxygen atoms in total. The molecule has 3 heteroatoms. The van der Waals surface area contributed by atoms with E-state index in [2.05, 4.69) is 12.2 Å². The summed E-state index contributed by atoms with van der Waals surface area (Å²) in [5.41, 5.74) is 0. The molecule has 0 amide bonds. The maximum Gasteiger partial charge on any atom is 0.302 e. The van der Waals surface area contributed by atoms with Crippen LogP contribution >= 0.6 is 0 Å². The summed E-state index contributed by atoms with van der Waals surface area (Å²) in [6.07, 6.45) is 1.05. The molecule has 0 unspecified atom stereocenters. The fourth-order valence-corrected chi connectivity index (χ4v) is 1.22. The zero-order valence-electron chi connectivity index (χ0n) is 6.39. The topological polar surface area (TPSA) is 38.3 Å². The lowest BCUT2D eigenvalue weighted by Gasteiger charge is -2.07. The van der Waals surface area contributed by atoms with Crippen molar-refractivity contribution in [2.75, 3.05) is 6.54 Å².